The van der Waals surface area contributed by atoms with Gasteiger partial charge in [-0.15, -0.1) is 11.3 Å². The maximum atomic E-state index is 12.0. The van der Waals surface area contributed by atoms with Crippen LogP contribution in [0, 0.1) is 6.92 Å². The molecule has 5 nitrogen and oxygen atoms in total. The molecule has 0 aliphatic carbocycles. The number of aryl methyl sites for hydroxylation is 2. The summed E-state index contributed by atoms with van der Waals surface area (Å²) in [4.78, 5) is 30.1. The van der Waals surface area contributed by atoms with Gasteiger partial charge in [-0.2, -0.15) is 0 Å². The van der Waals surface area contributed by atoms with Gasteiger partial charge in [-0.3, -0.25) is 9.59 Å². The van der Waals surface area contributed by atoms with Crippen molar-refractivity contribution in [2.75, 3.05) is 6.54 Å². The van der Waals surface area contributed by atoms with Gasteiger partial charge in [0.2, 0.25) is 5.91 Å². The van der Waals surface area contributed by atoms with Crippen molar-refractivity contribution in [2.24, 2.45) is 0 Å². The standard InChI is InChI=1S/C19H21N3O2S/c1-14-7-9-18(25-14)17(23)8-10-19(24)20-11-4-12-22-13-21-15-5-2-3-6-16(15)22/h2-3,5-7,9,13H,4,8,10-12H2,1H3,(H,20,24). The first-order valence-electron chi connectivity index (χ1n) is 8.40. The molecule has 0 saturated heterocycles. The summed E-state index contributed by atoms with van der Waals surface area (Å²) in [6, 6.07) is 11.7. The zero-order chi connectivity index (χ0) is 17.6. The van der Waals surface area contributed by atoms with E-state index in [1.54, 1.807) is 0 Å². The Hall–Kier alpha value is -2.47. The van der Waals surface area contributed by atoms with Crippen LogP contribution in [0.4, 0.5) is 0 Å². The van der Waals surface area contributed by atoms with Gasteiger partial charge in [-0.1, -0.05) is 12.1 Å². The van der Waals surface area contributed by atoms with Crippen LogP contribution in [-0.2, 0) is 11.3 Å². The summed E-state index contributed by atoms with van der Waals surface area (Å²) in [7, 11) is 0. The van der Waals surface area contributed by atoms with Gasteiger partial charge < -0.3 is 9.88 Å². The summed E-state index contributed by atoms with van der Waals surface area (Å²) in [6.45, 7) is 3.36. The SMILES string of the molecule is Cc1ccc(C(=O)CCC(=O)NCCCn2cnc3ccccc32)s1. The highest BCUT2D eigenvalue weighted by Crippen LogP contribution is 2.17. The van der Waals surface area contributed by atoms with Gasteiger partial charge in [0.1, 0.15) is 0 Å². The third-order valence-corrected chi connectivity index (χ3v) is 5.06. The number of Topliss-reactive ketones (excluding diaryl/α,β-unsaturated/α-hetero) is 1. The molecule has 3 rings (SSSR count). The molecule has 2 aromatic heterocycles. The number of para-hydroxylation sites is 2. The first-order chi connectivity index (χ1) is 12.1. The van der Waals surface area contributed by atoms with Gasteiger partial charge in [0.25, 0.3) is 0 Å². The lowest BCUT2D eigenvalue weighted by molar-refractivity contribution is -0.121. The number of carbonyl (C=O) groups is 2. The van der Waals surface area contributed by atoms with Crippen molar-refractivity contribution in [3.05, 3.63) is 52.5 Å². The van der Waals surface area contributed by atoms with Crippen molar-refractivity contribution in [2.45, 2.75) is 32.7 Å². The molecule has 1 amide bonds. The highest BCUT2D eigenvalue weighted by molar-refractivity contribution is 7.14. The number of amides is 1. The van der Waals surface area contributed by atoms with Gasteiger partial charge in [0.05, 0.1) is 22.2 Å². The number of imidazole rings is 1. The number of benzene rings is 1. The maximum absolute atomic E-state index is 12.0. The Morgan fingerprint density at radius 2 is 2.00 bits per heavy atom. The van der Waals surface area contributed by atoms with E-state index in [9.17, 15) is 9.59 Å². The van der Waals surface area contributed by atoms with Crippen LogP contribution >= 0.6 is 11.3 Å². The minimum atomic E-state index is -0.0721. The minimum Gasteiger partial charge on any atom is -0.356 e. The van der Waals surface area contributed by atoms with Crippen LogP contribution in [0.2, 0.25) is 0 Å². The van der Waals surface area contributed by atoms with E-state index >= 15 is 0 Å². The van der Waals surface area contributed by atoms with Crippen molar-refractivity contribution >= 4 is 34.1 Å². The molecule has 0 atom stereocenters. The topological polar surface area (TPSA) is 64.0 Å². The predicted molar refractivity (Wildman–Crippen MR) is 100.0 cm³/mol. The molecule has 0 radical (unpaired) electrons. The number of fused-ring (bicyclic) bond motifs is 1. The fraction of sp³-hybridized carbons (Fsp3) is 0.316. The Morgan fingerprint density at radius 1 is 1.16 bits per heavy atom. The molecule has 25 heavy (non-hydrogen) atoms. The predicted octanol–water partition coefficient (Wildman–Crippen LogP) is 3.58. The summed E-state index contributed by atoms with van der Waals surface area (Å²) >= 11 is 1.48. The molecule has 130 valence electrons. The van der Waals surface area contributed by atoms with Gasteiger partial charge in [0.15, 0.2) is 5.78 Å². The molecule has 0 bridgehead atoms. The van der Waals surface area contributed by atoms with E-state index < -0.39 is 0 Å². The van der Waals surface area contributed by atoms with E-state index in [2.05, 4.69) is 14.9 Å². The molecular weight excluding hydrogens is 334 g/mol. The number of rotatable bonds is 8. The second-order valence-corrected chi connectivity index (χ2v) is 7.25. The van der Waals surface area contributed by atoms with Gasteiger partial charge in [-0.05, 0) is 37.6 Å². The van der Waals surface area contributed by atoms with Gasteiger partial charge >= 0.3 is 0 Å². The molecule has 0 unspecified atom stereocenters. The Labute approximate surface area is 150 Å². The van der Waals surface area contributed by atoms with E-state index in [4.69, 9.17) is 0 Å². The number of nitrogens with one attached hydrogen (secondary N) is 1. The Morgan fingerprint density at radius 3 is 2.80 bits per heavy atom. The molecule has 0 saturated carbocycles. The van der Waals surface area contributed by atoms with Crippen LogP contribution < -0.4 is 5.32 Å². The quantitative estimate of drug-likeness (QED) is 0.496. The summed E-state index contributed by atoms with van der Waals surface area (Å²) in [5.74, 6) is -0.0322. The van der Waals surface area contributed by atoms with Crippen molar-refractivity contribution in [3.8, 4) is 0 Å². The molecule has 0 aliphatic heterocycles. The highest BCUT2D eigenvalue weighted by atomic mass is 32.1. The molecule has 0 aliphatic rings. The number of ketones is 1. The summed E-state index contributed by atoms with van der Waals surface area (Å²) in [5, 5.41) is 2.88. The third kappa shape index (κ3) is 4.54. The lowest BCUT2D eigenvalue weighted by Crippen LogP contribution is -2.25. The van der Waals surface area contributed by atoms with Crippen LogP contribution in [-0.4, -0.2) is 27.8 Å². The Kier molecular flexibility index (Phi) is 5.60. The van der Waals surface area contributed by atoms with Crippen LogP contribution in [0.1, 0.15) is 33.8 Å². The first kappa shape index (κ1) is 17.4. The highest BCUT2D eigenvalue weighted by Gasteiger charge is 2.10. The van der Waals surface area contributed by atoms with Crippen molar-refractivity contribution < 1.29 is 9.59 Å². The van der Waals surface area contributed by atoms with E-state index in [1.165, 1.54) is 11.3 Å². The molecule has 0 fully saturated rings. The number of hydrogen-bond acceptors (Lipinski definition) is 4. The zero-order valence-electron chi connectivity index (χ0n) is 14.2. The van der Waals surface area contributed by atoms with Crippen molar-refractivity contribution in [1.82, 2.24) is 14.9 Å². The molecule has 1 N–H and O–H groups in total. The van der Waals surface area contributed by atoms with Crippen molar-refractivity contribution in [1.29, 1.82) is 0 Å². The molecule has 1 aromatic carbocycles. The Balaban J connectivity index is 1.37. The number of hydrogen-bond donors (Lipinski definition) is 1. The Bertz CT molecular complexity index is 882. The second-order valence-electron chi connectivity index (χ2n) is 5.96. The number of aromatic nitrogens is 2. The normalized spacial score (nSPS) is 10.9. The maximum Gasteiger partial charge on any atom is 0.220 e. The van der Waals surface area contributed by atoms with Crippen LogP contribution in [0.25, 0.3) is 11.0 Å². The van der Waals surface area contributed by atoms with Crippen LogP contribution in [0.15, 0.2) is 42.7 Å². The van der Waals surface area contributed by atoms with Gasteiger partial charge in [0, 0.05) is 30.8 Å². The first-order valence-corrected chi connectivity index (χ1v) is 9.21. The molecule has 0 spiro atoms. The fourth-order valence-electron chi connectivity index (χ4n) is 2.69. The molecule has 2 heterocycles. The molecule has 6 heteroatoms. The lowest BCUT2D eigenvalue weighted by atomic mass is 10.2. The van der Waals surface area contributed by atoms with E-state index in [0.717, 1.165) is 33.8 Å². The number of thiophene rings is 1. The fourth-order valence-corrected chi connectivity index (χ4v) is 3.52. The largest absolute Gasteiger partial charge is 0.356 e. The smallest absolute Gasteiger partial charge is 0.220 e. The lowest BCUT2D eigenvalue weighted by Gasteiger charge is -2.06. The number of nitrogens with zero attached hydrogens (tertiary/aromatic N) is 2. The molecule has 3 aromatic rings. The van der Waals surface area contributed by atoms with Gasteiger partial charge in [-0.25, -0.2) is 4.98 Å². The molecular formula is C19H21N3O2S. The third-order valence-electron chi connectivity index (χ3n) is 4.02. The van der Waals surface area contributed by atoms with E-state index in [0.29, 0.717) is 6.54 Å². The second kappa shape index (κ2) is 8.07. The van der Waals surface area contributed by atoms with E-state index in [-0.39, 0.29) is 24.5 Å². The van der Waals surface area contributed by atoms with Crippen LogP contribution in [0.5, 0.6) is 0 Å². The summed E-state index contributed by atoms with van der Waals surface area (Å²) in [6.07, 6.45) is 3.15. The zero-order valence-corrected chi connectivity index (χ0v) is 15.0. The number of carbonyl (C=O) groups excluding carboxylic acids is 2. The van der Waals surface area contributed by atoms with E-state index in [1.807, 2.05) is 49.6 Å². The average molecular weight is 355 g/mol. The monoisotopic (exact) mass is 355 g/mol. The summed E-state index contributed by atoms with van der Waals surface area (Å²) in [5.41, 5.74) is 2.08. The van der Waals surface area contributed by atoms with Crippen molar-refractivity contribution in [3.63, 3.8) is 0 Å². The summed E-state index contributed by atoms with van der Waals surface area (Å²) < 4.78 is 2.09. The minimum absolute atomic E-state index is 0.0399. The average Bonchev–Trinajstić information content (AvgIpc) is 3.23. The van der Waals surface area contributed by atoms with Crippen LogP contribution in [0.3, 0.4) is 0 Å².